The fourth-order valence-corrected chi connectivity index (χ4v) is 4.33. The number of urea groups is 1. The zero-order valence-electron chi connectivity index (χ0n) is 19.7. The van der Waals surface area contributed by atoms with Crippen molar-refractivity contribution in [2.24, 2.45) is 0 Å². The largest absolute Gasteiger partial charge is 0.573 e. The highest BCUT2D eigenvalue weighted by Gasteiger charge is 2.47. The zero-order chi connectivity index (χ0) is 25.3. The molecule has 2 aromatic carbocycles. The number of benzene rings is 2. The van der Waals surface area contributed by atoms with Gasteiger partial charge in [-0.2, -0.15) is 0 Å². The Kier molecular flexibility index (Phi) is 6.56. The third-order valence-corrected chi connectivity index (χ3v) is 5.79. The molecule has 0 N–H and O–H groups in total. The van der Waals surface area contributed by atoms with Crippen LogP contribution in [0.5, 0.6) is 11.5 Å². The first-order chi connectivity index (χ1) is 16.6. The van der Waals surface area contributed by atoms with Gasteiger partial charge in [0.2, 0.25) is 0 Å². The quantitative estimate of drug-likeness (QED) is 0.539. The Morgan fingerprint density at radius 2 is 1.71 bits per heavy atom. The van der Waals surface area contributed by atoms with Gasteiger partial charge in [0.05, 0.1) is 5.70 Å². The van der Waals surface area contributed by atoms with E-state index < -0.39 is 12.7 Å². The molecule has 1 unspecified atom stereocenters. The summed E-state index contributed by atoms with van der Waals surface area (Å²) in [6.45, 7) is 7.13. The minimum atomic E-state index is -4.81. The number of rotatable bonds is 7. The van der Waals surface area contributed by atoms with Gasteiger partial charge in [-0.05, 0) is 24.1 Å². The van der Waals surface area contributed by atoms with E-state index in [-0.39, 0.29) is 17.5 Å². The van der Waals surface area contributed by atoms with Gasteiger partial charge in [-0.1, -0.05) is 49.9 Å². The predicted molar refractivity (Wildman–Crippen MR) is 124 cm³/mol. The minimum Gasteiger partial charge on any atom is -0.452 e. The van der Waals surface area contributed by atoms with Crippen LogP contribution in [0.1, 0.15) is 18.9 Å². The average Bonchev–Trinajstić information content (AvgIpc) is 3.06. The molecule has 2 aliphatic rings. The molecule has 0 bridgehead atoms. The van der Waals surface area contributed by atoms with E-state index in [0.29, 0.717) is 24.6 Å². The Balaban J connectivity index is 1.71. The number of hydrogen-bond acceptors (Lipinski definition) is 5. The second-order valence-electron chi connectivity index (χ2n) is 8.30. The molecular weight excluding hydrogens is 461 g/mol. The van der Waals surface area contributed by atoms with Crippen LogP contribution in [0.15, 0.2) is 78.4 Å². The number of ether oxygens (including phenoxy) is 2. The molecule has 0 saturated carbocycles. The molecule has 0 radical (unpaired) electrons. The molecule has 186 valence electrons. The Hall–Kier alpha value is -3.82. The number of alkyl halides is 3. The van der Waals surface area contributed by atoms with Crippen LogP contribution < -0.4 is 9.47 Å². The first-order valence-electron chi connectivity index (χ1n) is 11.2. The van der Waals surface area contributed by atoms with Crippen LogP contribution in [0.2, 0.25) is 0 Å². The van der Waals surface area contributed by atoms with Gasteiger partial charge in [0.25, 0.3) is 6.35 Å². The van der Waals surface area contributed by atoms with Gasteiger partial charge < -0.3 is 19.3 Å². The Bertz CT molecular complexity index is 1140. The maximum Gasteiger partial charge on any atom is 0.573 e. The number of carbonyl (C=O) groups excluding carboxylic acids is 1. The first-order valence-corrected chi connectivity index (χ1v) is 11.2. The van der Waals surface area contributed by atoms with Crippen molar-refractivity contribution in [1.29, 1.82) is 0 Å². The second kappa shape index (κ2) is 9.44. The van der Waals surface area contributed by atoms with Crippen LogP contribution in [0.25, 0.3) is 0 Å². The van der Waals surface area contributed by atoms with Crippen molar-refractivity contribution in [2.75, 3.05) is 20.6 Å². The predicted octanol–water partition coefficient (Wildman–Crippen LogP) is 5.16. The van der Waals surface area contributed by atoms with Crippen molar-refractivity contribution in [3.8, 4) is 11.5 Å². The third-order valence-electron chi connectivity index (χ3n) is 5.79. The summed E-state index contributed by atoms with van der Waals surface area (Å²) in [6, 6.07) is 14.9. The summed E-state index contributed by atoms with van der Waals surface area (Å²) in [5.74, 6) is 0.413. The van der Waals surface area contributed by atoms with Gasteiger partial charge in [-0.15, -0.1) is 13.2 Å². The molecule has 7 nitrogen and oxygen atoms in total. The van der Waals surface area contributed by atoms with Crippen LogP contribution in [0, 0.1) is 0 Å². The highest BCUT2D eigenvalue weighted by Crippen LogP contribution is 2.41. The highest BCUT2D eigenvalue weighted by atomic mass is 19.4. The monoisotopic (exact) mass is 488 g/mol. The van der Waals surface area contributed by atoms with Crippen molar-refractivity contribution in [3.05, 3.63) is 84.0 Å². The lowest BCUT2D eigenvalue weighted by Crippen LogP contribution is -2.47. The molecule has 0 aliphatic carbocycles. The Morgan fingerprint density at radius 3 is 2.37 bits per heavy atom. The van der Waals surface area contributed by atoms with Gasteiger partial charge in [-0.3, -0.25) is 9.80 Å². The molecule has 2 heterocycles. The molecule has 2 aliphatic heterocycles. The maximum absolute atomic E-state index is 13.1. The van der Waals surface area contributed by atoms with Crippen molar-refractivity contribution in [3.63, 3.8) is 0 Å². The maximum atomic E-state index is 13.1. The van der Waals surface area contributed by atoms with E-state index in [1.165, 1.54) is 18.2 Å². The molecule has 2 aromatic rings. The Labute approximate surface area is 202 Å². The molecule has 0 fully saturated rings. The van der Waals surface area contributed by atoms with Crippen LogP contribution >= 0.6 is 0 Å². The summed E-state index contributed by atoms with van der Waals surface area (Å²) in [5.41, 5.74) is 2.26. The lowest BCUT2D eigenvalue weighted by Gasteiger charge is -2.37. The molecule has 10 heteroatoms. The summed E-state index contributed by atoms with van der Waals surface area (Å²) >= 11 is 0. The zero-order valence-corrected chi connectivity index (χ0v) is 19.7. The summed E-state index contributed by atoms with van der Waals surface area (Å²) in [5, 5.41) is 0. The van der Waals surface area contributed by atoms with Gasteiger partial charge in [0.15, 0.2) is 0 Å². The number of amides is 2. The van der Waals surface area contributed by atoms with E-state index in [4.69, 9.17) is 4.74 Å². The average molecular weight is 489 g/mol. The molecule has 35 heavy (non-hydrogen) atoms. The molecule has 1 atom stereocenters. The van der Waals surface area contributed by atoms with Crippen molar-refractivity contribution >= 4 is 6.03 Å². The van der Waals surface area contributed by atoms with Crippen molar-refractivity contribution in [1.82, 2.24) is 19.6 Å². The number of carbonyl (C=O) groups is 1. The van der Waals surface area contributed by atoms with Gasteiger partial charge >= 0.3 is 12.4 Å². The van der Waals surface area contributed by atoms with E-state index in [1.54, 1.807) is 34.9 Å². The van der Waals surface area contributed by atoms with Crippen LogP contribution in [-0.4, -0.2) is 59.0 Å². The lowest BCUT2D eigenvalue weighted by molar-refractivity contribution is -0.274. The van der Waals surface area contributed by atoms with Gasteiger partial charge in [-0.25, -0.2) is 4.79 Å². The fraction of sp³-hybridized carbons (Fsp3) is 0.320. The molecular formula is C25H27F3N4O3. The van der Waals surface area contributed by atoms with E-state index in [1.807, 2.05) is 42.2 Å². The third kappa shape index (κ3) is 4.87. The van der Waals surface area contributed by atoms with Crippen molar-refractivity contribution in [2.45, 2.75) is 32.6 Å². The van der Waals surface area contributed by atoms with Crippen LogP contribution in [-0.2, 0) is 6.54 Å². The minimum absolute atomic E-state index is 0.187. The smallest absolute Gasteiger partial charge is 0.452 e. The van der Waals surface area contributed by atoms with E-state index in [9.17, 15) is 18.0 Å². The summed E-state index contributed by atoms with van der Waals surface area (Å²) in [7, 11) is 3.46. The van der Waals surface area contributed by atoms with Gasteiger partial charge in [0.1, 0.15) is 23.0 Å². The molecule has 0 aromatic heterocycles. The topological polar surface area (TPSA) is 48.5 Å². The molecule has 0 saturated heterocycles. The lowest BCUT2D eigenvalue weighted by atomic mass is 10.1. The van der Waals surface area contributed by atoms with E-state index in [2.05, 4.69) is 11.3 Å². The summed E-state index contributed by atoms with van der Waals surface area (Å²) < 4.78 is 48.4. The molecule has 2 amide bonds. The normalized spacial score (nSPS) is 18.4. The van der Waals surface area contributed by atoms with Crippen LogP contribution in [0.3, 0.4) is 0 Å². The fourth-order valence-electron chi connectivity index (χ4n) is 4.33. The Morgan fingerprint density at radius 1 is 1.03 bits per heavy atom. The van der Waals surface area contributed by atoms with Crippen molar-refractivity contribution < 1.29 is 27.4 Å². The standard InChI is InChI=1S/C25H27F3N4O3/c1-5-14-31-17(2)21-22(29(3)23(31)33)30(4)24(32(21)16-18-10-7-6-8-11-18)34-19-12-9-13-20(15-19)35-25(26,27)28/h6-13,15,24H,2,5,14,16H2,1,3-4H3. The highest BCUT2D eigenvalue weighted by molar-refractivity contribution is 5.81. The van der Waals surface area contributed by atoms with E-state index in [0.717, 1.165) is 17.7 Å². The van der Waals surface area contributed by atoms with Crippen LogP contribution in [0.4, 0.5) is 18.0 Å². The summed E-state index contributed by atoms with van der Waals surface area (Å²) in [6.07, 6.45) is -4.82. The number of halogens is 3. The molecule has 0 spiro atoms. The first kappa shape index (κ1) is 24.3. The number of hydrogen-bond donors (Lipinski definition) is 0. The SMILES string of the molecule is C=C1C2=C(N(C)C(=O)N1CCC)N(C)C(Oc1cccc(OC(F)(F)F)c1)N2Cc1ccccc1. The number of nitrogens with zero attached hydrogens (tertiary/aromatic N) is 4. The van der Waals surface area contributed by atoms with Gasteiger partial charge in [0, 0.05) is 33.3 Å². The summed E-state index contributed by atoms with van der Waals surface area (Å²) in [4.78, 5) is 20.0. The second-order valence-corrected chi connectivity index (χ2v) is 8.30. The molecule has 4 rings (SSSR count). The van der Waals surface area contributed by atoms with E-state index >= 15 is 0 Å².